The van der Waals surface area contributed by atoms with Gasteiger partial charge in [-0.3, -0.25) is 9.59 Å². The smallest absolute Gasteiger partial charge is 0.326 e. The first-order valence-electron chi connectivity index (χ1n) is 9.30. The van der Waals surface area contributed by atoms with Crippen LogP contribution < -0.4 is 10.2 Å². The van der Waals surface area contributed by atoms with Gasteiger partial charge in [0.1, 0.15) is 11.9 Å². The molecular formula is C22H18FN3O3S. The van der Waals surface area contributed by atoms with E-state index in [-0.39, 0.29) is 13.0 Å². The molecule has 3 aromatic rings. The Morgan fingerprint density at radius 3 is 2.40 bits per heavy atom. The maximum absolute atomic E-state index is 13.1. The molecule has 6 nitrogen and oxygen atoms in total. The van der Waals surface area contributed by atoms with Crippen LogP contribution in [0.4, 0.5) is 20.6 Å². The zero-order chi connectivity index (χ0) is 21.1. The van der Waals surface area contributed by atoms with Crippen molar-refractivity contribution in [2.75, 3.05) is 10.2 Å². The second-order valence-electron chi connectivity index (χ2n) is 6.77. The Labute approximate surface area is 176 Å². The number of imide groups is 1. The van der Waals surface area contributed by atoms with Crippen LogP contribution in [-0.2, 0) is 16.1 Å². The molecule has 1 atom stereocenters. The second-order valence-corrected chi connectivity index (χ2v) is 7.81. The summed E-state index contributed by atoms with van der Waals surface area (Å²) < 4.78 is 13.1. The van der Waals surface area contributed by atoms with Gasteiger partial charge in [0.2, 0.25) is 5.91 Å². The lowest BCUT2D eigenvalue weighted by Crippen LogP contribution is -2.37. The first-order chi connectivity index (χ1) is 14.5. The lowest BCUT2D eigenvalue weighted by Gasteiger charge is -2.20. The third-order valence-electron chi connectivity index (χ3n) is 4.75. The van der Waals surface area contributed by atoms with Gasteiger partial charge in [-0.1, -0.05) is 24.3 Å². The van der Waals surface area contributed by atoms with Gasteiger partial charge in [-0.15, -0.1) is 11.3 Å². The number of amides is 4. The fourth-order valence-electron chi connectivity index (χ4n) is 3.32. The number of carbonyl (C=O) groups is 3. The maximum Gasteiger partial charge on any atom is 0.332 e. The third-order valence-corrected chi connectivity index (χ3v) is 5.61. The predicted molar refractivity (Wildman–Crippen MR) is 113 cm³/mol. The monoisotopic (exact) mass is 423 g/mol. The van der Waals surface area contributed by atoms with Crippen molar-refractivity contribution in [3.8, 4) is 0 Å². The average Bonchev–Trinajstić information content (AvgIpc) is 3.33. The summed E-state index contributed by atoms with van der Waals surface area (Å²) in [6, 6.07) is 16.4. The summed E-state index contributed by atoms with van der Waals surface area (Å²) in [5.41, 5.74) is 0.882. The van der Waals surface area contributed by atoms with Crippen LogP contribution in [0.2, 0.25) is 0 Å². The van der Waals surface area contributed by atoms with E-state index in [0.717, 1.165) is 9.78 Å². The minimum absolute atomic E-state index is 0.198. The molecule has 0 radical (unpaired) electrons. The molecule has 0 bridgehead atoms. The highest BCUT2D eigenvalue weighted by molar-refractivity contribution is 7.09. The van der Waals surface area contributed by atoms with Crippen molar-refractivity contribution >= 4 is 40.6 Å². The van der Waals surface area contributed by atoms with Gasteiger partial charge in [0.25, 0.3) is 5.91 Å². The van der Waals surface area contributed by atoms with Crippen molar-refractivity contribution in [3.05, 3.63) is 82.8 Å². The Bertz CT molecular complexity index is 1060. The maximum atomic E-state index is 13.1. The van der Waals surface area contributed by atoms with E-state index in [4.69, 9.17) is 0 Å². The molecule has 2 heterocycles. The van der Waals surface area contributed by atoms with E-state index in [9.17, 15) is 18.8 Å². The molecular weight excluding hydrogens is 405 g/mol. The van der Waals surface area contributed by atoms with Gasteiger partial charge in [-0.05, 0) is 47.8 Å². The van der Waals surface area contributed by atoms with Crippen molar-refractivity contribution in [2.24, 2.45) is 0 Å². The van der Waals surface area contributed by atoms with E-state index in [0.29, 0.717) is 11.4 Å². The normalized spacial score (nSPS) is 16.2. The summed E-state index contributed by atoms with van der Waals surface area (Å²) in [5.74, 6) is -1.29. The number of urea groups is 1. The highest BCUT2D eigenvalue weighted by Crippen LogP contribution is 2.29. The quantitative estimate of drug-likeness (QED) is 0.603. The van der Waals surface area contributed by atoms with Crippen LogP contribution in [0.5, 0.6) is 0 Å². The molecule has 0 aliphatic carbocycles. The lowest BCUT2D eigenvalue weighted by atomic mass is 10.1. The molecule has 0 unspecified atom stereocenters. The van der Waals surface area contributed by atoms with E-state index in [1.165, 1.54) is 40.5 Å². The number of hydrogen-bond acceptors (Lipinski definition) is 4. The minimum atomic E-state index is -0.930. The average molecular weight is 423 g/mol. The molecule has 0 spiro atoms. The van der Waals surface area contributed by atoms with Gasteiger partial charge < -0.3 is 10.2 Å². The SMILES string of the molecule is O=C(C[C@@H]1C(=O)N(c2ccccc2)C(=O)N1Cc1cccs1)Nc1ccc(F)cc1. The van der Waals surface area contributed by atoms with E-state index in [2.05, 4.69) is 5.32 Å². The van der Waals surface area contributed by atoms with Crippen LogP contribution in [0, 0.1) is 5.82 Å². The molecule has 4 rings (SSSR count). The number of carbonyl (C=O) groups excluding carboxylic acids is 3. The Morgan fingerprint density at radius 2 is 1.73 bits per heavy atom. The van der Waals surface area contributed by atoms with Crippen molar-refractivity contribution in [1.82, 2.24) is 4.90 Å². The summed E-state index contributed by atoms with van der Waals surface area (Å²) in [6.07, 6.45) is -0.198. The molecule has 1 aromatic heterocycles. The molecule has 1 aliphatic rings. The molecule has 1 fully saturated rings. The van der Waals surface area contributed by atoms with E-state index >= 15 is 0 Å². The molecule has 152 valence electrons. The van der Waals surface area contributed by atoms with Crippen LogP contribution in [0.1, 0.15) is 11.3 Å². The fourth-order valence-corrected chi connectivity index (χ4v) is 4.02. The van der Waals surface area contributed by atoms with Gasteiger partial charge in [0.05, 0.1) is 18.7 Å². The minimum Gasteiger partial charge on any atom is -0.326 e. The van der Waals surface area contributed by atoms with E-state index in [1.54, 1.807) is 30.3 Å². The number of rotatable bonds is 6. The first-order valence-corrected chi connectivity index (χ1v) is 10.2. The molecule has 4 amide bonds. The number of halogens is 1. The molecule has 1 aliphatic heterocycles. The second kappa shape index (κ2) is 8.46. The van der Waals surface area contributed by atoms with Crippen molar-refractivity contribution in [2.45, 2.75) is 19.0 Å². The van der Waals surface area contributed by atoms with Crippen molar-refractivity contribution in [1.29, 1.82) is 0 Å². The van der Waals surface area contributed by atoms with Crippen LogP contribution in [-0.4, -0.2) is 28.8 Å². The Hall–Kier alpha value is -3.52. The Balaban J connectivity index is 1.57. The summed E-state index contributed by atoms with van der Waals surface area (Å²) in [5, 5.41) is 4.55. The molecule has 8 heteroatoms. The lowest BCUT2D eigenvalue weighted by molar-refractivity contribution is -0.124. The summed E-state index contributed by atoms with van der Waals surface area (Å²) in [7, 11) is 0. The summed E-state index contributed by atoms with van der Waals surface area (Å²) >= 11 is 1.48. The number of nitrogens with one attached hydrogen (secondary N) is 1. The van der Waals surface area contributed by atoms with Crippen LogP contribution in [0.3, 0.4) is 0 Å². The Kier molecular flexibility index (Phi) is 5.58. The zero-order valence-corrected chi connectivity index (χ0v) is 16.6. The number of anilines is 2. The Morgan fingerprint density at radius 1 is 1.00 bits per heavy atom. The number of hydrogen-bond donors (Lipinski definition) is 1. The number of benzene rings is 2. The fraction of sp³-hybridized carbons (Fsp3) is 0.136. The van der Waals surface area contributed by atoms with Gasteiger partial charge in [-0.25, -0.2) is 14.1 Å². The predicted octanol–water partition coefficient (Wildman–Crippen LogP) is 4.25. The van der Waals surface area contributed by atoms with Gasteiger partial charge in [0.15, 0.2) is 0 Å². The third kappa shape index (κ3) is 4.08. The summed E-state index contributed by atoms with van der Waals surface area (Å²) in [6.45, 7) is 0.236. The van der Waals surface area contributed by atoms with Crippen molar-refractivity contribution < 1.29 is 18.8 Å². The van der Waals surface area contributed by atoms with Crippen LogP contribution in [0.15, 0.2) is 72.1 Å². The highest BCUT2D eigenvalue weighted by Gasteiger charge is 2.46. The van der Waals surface area contributed by atoms with Crippen LogP contribution in [0.25, 0.3) is 0 Å². The van der Waals surface area contributed by atoms with Gasteiger partial charge in [0, 0.05) is 10.6 Å². The molecule has 2 aromatic carbocycles. The topological polar surface area (TPSA) is 69.7 Å². The largest absolute Gasteiger partial charge is 0.332 e. The van der Waals surface area contributed by atoms with E-state index < -0.39 is 29.7 Å². The van der Waals surface area contributed by atoms with Crippen LogP contribution >= 0.6 is 11.3 Å². The standard InChI is InChI=1S/C22H18FN3O3S/c23-15-8-10-16(11-9-15)24-20(27)13-19-21(28)26(17-5-2-1-3-6-17)22(29)25(19)14-18-7-4-12-30-18/h1-12,19H,13-14H2,(H,24,27)/t19-/m1/s1. The van der Waals surface area contributed by atoms with Gasteiger partial charge >= 0.3 is 6.03 Å². The first kappa shape index (κ1) is 19.8. The highest BCUT2D eigenvalue weighted by atomic mass is 32.1. The molecule has 30 heavy (non-hydrogen) atoms. The molecule has 1 N–H and O–H groups in total. The molecule has 0 saturated carbocycles. The summed E-state index contributed by atoms with van der Waals surface area (Å²) in [4.78, 5) is 42.3. The molecule has 1 saturated heterocycles. The number of para-hydroxylation sites is 1. The van der Waals surface area contributed by atoms with Crippen molar-refractivity contribution in [3.63, 3.8) is 0 Å². The van der Waals surface area contributed by atoms with Gasteiger partial charge in [-0.2, -0.15) is 0 Å². The van der Waals surface area contributed by atoms with E-state index in [1.807, 2.05) is 17.5 Å². The zero-order valence-electron chi connectivity index (χ0n) is 15.8. The number of nitrogens with zero attached hydrogens (tertiary/aromatic N) is 2. The number of thiophene rings is 1.